The summed E-state index contributed by atoms with van der Waals surface area (Å²) in [5, 5.41) is 6.04. The predicted octanol–water partition coefficient (Wildman–Crippen LogP) is 4.84. The van der Waals surface area contributed by atoms with Gasteiger partial charge in [-0.2, -0.15) is 0 Å². The number of hydrogen-bond acceptors (Lipinski definition) is 3. The lowest BCUT2D eigenvalue weighted by molar-refractivity contribution is 0.102. The molecule has 114 valence electrons. The quantitative estimate of drug-likeness (QED) is 0.693. The van der Waals surface area contributed by atoms with Gasteiger partial charge >= 0.3 is 0 Å². The molecule has 3 aromatic rings. The van der Waals surface area contributed by atoms with E-state index in [1.165, 1.54) is 0 Å². The number of pyridine rings is 1. The Morgan fingerprint density at radius 1 is 0.870 bits per heavy atom. The highest BCUT2D eigenvalue weighted by molar-refractivity contribution is 9.10. The molecule has 1 amide bonds. The Hall–Kier alpha value is -2.66. The largest absolute Gasteiger partial charge is 0.354 e. The van der Waals surface area contributed by atoms with Gasteiger partial charge in [-0.15, -0.1) is 0 Å². The second kappa shape index (κ2) is 7.07. The minimum absolute atomic E-state index is 0.241. The molecular formula is C18H14BrN3O. The lowest BCUT2D eigenvalue weighted by Crippen LogP contribution is -2.13. The van der Waals surface area contributed by atoms with Crippen LogP contribution in [0.4, 0.5) is 17.1 Å². The molecule has 23 heavy (non-hydrogen) atoms. The van der Waals surface area contributed by atoms with Crippen molar-refractivity contribution in [2.24, 2.45) is 0 Å². The van der Waals surface area contributed by atoms with Crippen molar-refractivity contribution in [2.75, 3.05) is 10.6 Å². The van der Waals surface area contributed by atoms with Crippen LogP contribution in [-0.2, 0) is 0 Å². The zero-order chi connectivity index (χ0) is 16.1. The van der Waals surface area contributed by atoms with Crippen molar-refractivity contribution in [3.63, 3.8) is 0 Å². The van der Waals surface area contributed by atoms with Gasteiger partial charge in [0.25, 0.3) is 5.91 Å². The molecule has 0 bridgehead atoms. The van der Waals surface area contributed by atoms with Crippen LogP contribution in [0.5, 0.6) is 0 Å². The smallest absolute Gasteiger partial charge is 0.274 e. The van der Waals surface area contributed by atoms with Crippen molar-refractivity contribution in [1.82, 2.24) is 4.98 Å². The Morgan fingerprint density at radius 3 is 2.35 bits per heavy atom. The number of hydrogen-bond donors (Lipinski definition) is 2. The Bertz CT molecular complexity index is 804. The van der Waals surface area contributed by atoms with Gasteiger partial charge in [-0.25, -0.2) is 4.98 Å². The minimum Gasteiger partial charge on any atom is -0.354 e. The van der Waals surface area contributed by atoms with Crippen LogP contribution < -0.4 is 10.6 Å². The van der Waals surface area contributed by atoms with E-state index in [1.54, 1.807) is 12.3 Å². The third-order valence-corrected chi connectivity index (χ3v) is 3.63. The van der Waals surface area contributed by atoms with Crippen LogP contribution in [-0.4, -0.2) is 10.9 Å². The fourth-order valence-corrected chi connectivity index (χ4v) is 2.45. The molecule has 2 aromatic carbocycles. The van der Waals surface area contributed by atoms with Gasteiger partial charge in [0.2, 0.25) is 0 Å². The number of nitrogens with one attached hydrogen (secondary N) is 2. The van der Waals surface area contributed by atoms with E-state index in [4.69, 9.17) is 0 Å². The first kappa shape index (κ1) is 15.2. The molecule has 0 spiro atoms. The molecule has 0 aliphatic rings. The van der Waals surface area contributed by atoms with Crippen molar-refractivity contribution < 1.29 is 4.79 Å². The van der Waals surface area contributed by atoms with Gasteiger partial charge in [-0.05, 0) is 42.5 Å². The first-order valence-electron chi connectivity index (χ1n) is 7.06. The Balaban J connectivity index is 1.68. The van der Waals surface area contributed by atoms with E-state index in [1.807, 2.05) is 60.7 Å². The fraction of sp³-hybridized carbons (Fsp3) is 0. The molecule has 3 rings (SSSR count). The van der Waals surface area contributed by atoms with Gasteiger partial charge in [0.15, 0.2) is 0 Å². The maximum absolute atomic E-state index is 12.2. The van der Waals surface area contributed by atoms with Crippen LogP contribution in [0.15, 0.2) is 77.4 Å². The van der Waals surface area contributed by atoms with Crippen molar-refractivity contribution in [1.29, 1.82) is 0 Å². The number of carbonyl (C=O) groups is 1. The lowest BCUT2D eigenvalue weighted by atomic mass is 10.2. The summed E-state index contributed by atoms with van der Waals surface area (Å²) in [4.78, 5) is 16.4. The van der Waals surface area contributed by atoms with Gasteiger partial charge in [0.05, 0.1) is 11.9 Å². The number of halogens is 1. The number of amides is 1. The number of carbonyl (C=O) groups excluding carboxylic acids is 1. The van der Waals surface area contributed by atoms with Crippen LogP contribution >= 0.6 is 15.9 Å². The number of aromatic nitrogens is 1. The van der Waals surface area contributed by atoms with Gasteiger partial charge in [-0.3, -0.25) is 4.79 Å². The Kier molecular flexibility index (Phi) is 4.68. The van der Waals surface area contributed by atoms with E-state index in [0.717, 1.165) is 21.5 Å². The predicted molar refractivity (Wildman–Crippen MR) is 96.1 cm³/mol. The molecule has 1 aromatic heterocycles. The average Bonchev–Trinajstić information content (AvgIpc) is 2.56. The van der Waals surface area contributed by atoms with Crippen LogP contribution in [0, 0.1) is 0 Å². The summed E-state index contributed by atoms with van der Waals surface area (Å²) in [5.41, 5.74) is 2.89. The van der Waals surface area contributed by atoms with Crippen molar-refractivity contribution >= 4 is 38.9 Å². The summed E-state index contributed by atoms with van der Waals surface area (Å²) in [6.07, 6.45) is 1.64. The van der Waals surface area contributed by atoms with Gasteiger partial charge in [0.1, 0.15) is 5.69 Å². The maximum Gasteiger partial charge on any atom is 0.274 e. The molecule has 0 unspecified atom stereocenters. The molecule has 0 atom stereocenters. The molecule has 0 fully saturated rings. The first-order valence-corrected chi connectivity index (χ1v) is 7.85. The second-order valence-electron chi connectivity index (χ2n) is 4.89. The molecule has 0 aliphatic carbocycles. The minimum atomic E-state index is -0.241. The fourth-order valence-electron chi connectivity index (χ4n) is 2.05. The molecule has 1 heterocycles. The van der Waals surface area contributed by atoms with Gasteiger partial charge in [0, 0.05) is 15.8 Å². The highest BCUT2D eigenvalue weighted by atomic mass is 79.9. The molecule has 0 saturated heterocycles. The van der Waals surface area contributed by atoms with E-state index in [0.29, 0.717) is 5.69 Å². The van der Waals surface area contributed by atoms with Crippen LogP contribution in [0.2, 0.25) is 0 Å². The number of para-hydroxylation sites is 1. The van der Waals surface area contributed by atoms with Crippen LogP contribution in [0.1, 0.15) is 10.5 Å². The third-order valence-electron chi connectivity index (χ3n) is 3.14. The molecule has 2 N–H and O–H groups in total. The molecule has 0 aliphatic heterocycles. The normalized spacial score (nSPS) is 10.1. The monoisotopic (exact) mass is 367 g/mol. The molecule has 0 saturated carbocycles. The summed E-state index contributed by atoms with van der Waals surface area (Å²) >= 11 is 3.37. The maximum atomic E-state index is 12.2. The van der Waals surface area contributed by atoms with Gasteiger partial charge < -0.3 is 10.6 Å². The topological polar surface area (TPSA) is 54.0 Å². The Morgan fingerprint density at radius 2 is 1.65 bits per heavy atom. The van der Waals surface area contributed by atoms with Crippen LogP contribution in [0.3, 0.4) is 0 Å². The van der Waals surface area contributed by atoms with E-state index in [9.17, 15) is 4.79 Å². The first-order chi connectivity index (χ1) is 11.2. The summed E-state index contributed by atoms with van der Waals surface area (Å²) in [6, 6.07) is 20.7. The number of nitrogens with zero attached hydrogens (tertiary/aromatic N) is 1. The van der Waals surface area contributed by atoms with E-state index >= 15 is 0 Å². The van der Waals surface area contributed by atoms with Crippen molar-refractivity contribution in [3.8, 4) is 0 Å². The number of rotatable bonds is 4. The summed E-state index contributed by atoms with van der Waals surface area (Å²) in [5.74, 6) is -0.241. The van der Waals surface area contributed by atoms with Crippen LogP contribution in [0.25, 0.3) is 0 Å². The molecule has 5 heteroatoms. The molecule has 4 nitrogen and oxygen atoms in total. The van der Waals surface area contributed by atoms with Gasteiger partial charge in [-0.1, -0.05) is 40.2 Å². The highest BCUT2D eigenvalue weighted by Crippen LogP contribution is 2.18. The van der Waals surface area contributed by atoms with E-state index in [-0.39, 0.29) is 5.91 Å². The van der Waals surface area contributed by atoms with E-state index < -0.39 is 0 Å². The number of benzene rings is 2. The molecular weight excluding hydrogens is 354 g/mol. The van der Waals surface area contributed by atoms with E-state index in [2.05, 4.69) is 31.5 Å². The average molecular weight is 368 g/mol. The lowest BCUT2D eigenvalue weighted by Gasteiger charge is -2.08. The third kappa shape index (κ3) is 4.17. The Labute approximate surface area is 142 Å². The van der Waals surface area contributed by atoms with Crippen molar-refractivity contribution in [3.05, 3.63) is 83.1 Å². The standard InChI is InChI=1S/C18H14BrN3O/c19-13-5-4-8-15(11-13)22-18(23)17-10-9-16(12-20-17)21-14-6-2-1-3-7-14/h1-12,21H,(H,22,23). The summed E-state index contributed by atoms with van der Waals surface area (Å²) in [7, 11) is 0. The molecule has 0 radical (unpaired) electrons. The summed E-state index contributed by atoms with van der Waals surface area (Å²) in [6.45, 7) is 0. The van der Waals surface area contributed by atoms with Crippen molar-refractivity contribution in [2.45, 2.75) is 0 Å². The number of anilines is 3. The summed E-state index contributed by atoms with van der Waals surface area (Å²) < 4.78 is 0.908. The highest BCUT2D eigenvalue weighted by Gasteiger charge is 2.08. The SMILES string of the molecule is O=C(Nc1cccc(Br)c1)c1ccc(Nc2ccccc2)cn1. The second-order valence-corrected chi connectivity index (χ2v) is 5.80. The zero-order valence-electron chi connectivity index (χ0n) is 12.2. The zero-order valence-corrected chi connectivity index (χ0v) is 13.7.